The van der Waals surface area contributed by atoms with Crippen molar-refractivity contribution in [1.82, 2.24) is 10.6 Å². The van der Waals surface area contributed by atoms with Gasteiger partial charge in [-0.2, -0.15) is 0 Å². The van der Waals surface area contributed by atoms with Gasteiger partial charge in [0, 0.05) is 25.6 Å². The van der Waals surface area contributed by atoms with Gasteiger partial charge in [-0.25, -0.2) is 0 Å². The Morgan fingerprint density at radius 1 is 1.33 bits per heavy atom. The second kappa shape index (κ2) is 4.94. The molecule has 2 aliphatic carbocycles. The van der Waals surface area contributed by atoms with Crippen LogP contribution in [-0.2, 0) is 4.79 Å². The largest absolute Gasteiger partial charge is 0.391 e. The molecule has 0 saturated heterocycles. The molecule has 1 atom stereocenters. The molecule has 2 saturated carbocycles. The number of aliphatic hydroxyl groups excluding tert-OH is 1. The van der Waals surface area contributed by atoms with Crippen molar-refractivity contribution in [2.45, 2.75) is 44.2 Å². The highest BCUT2D eigenvalue weighted by atomic mass is 16.3. The zero-order chi connectivity index (χ0) is 10.7. The molecule has 0 heterocycles. The molecule has 1 amide bonds. The SMILES string of the molecule is O=C(CCNC1CC1)NCC(O)C1CC1. The van der Waals surface area contributed by atoms with Crippen LogP contribution in [0.4, 0.5) is 0 Å². The molecule has 3 N–H and O–H groups in total. The van der Waals surface area contributed by atoms with Crippen molar-refractivity contribution in [1.29, 1.82) is 0 Å². The maximum Gasteiger partial charge on any atom is 0.221 e. The number of hydrogen-bond acceptors (Lipinski definition) is 3. The molecule has 4 nitrogen and oxygen atoms in total. The van der Waals surface area contributed by atoms with E-state index in [4.69, 9.17) is 0 Å². The Morgan fingerprint density at radius 2 is 2.07 bits per heavy atom. The molecule has 0 spiro atoms. The van der Waals surface area contributed by atoms with Crippen molar-refractivity contribution >= 4 is 5.91 Å². The van der Waals surface area contributed by atoms with Gasteiger partial charge in [0.05, 0.1) is 6.10 Å². The van der Waals surface area contributed by atoms with E-state index in [1.807, 2.05) is 0 Å². The first-order valence-corrected chi connectivity index (χ1v) is 5.94. The van der Waals surface area contributed by atoms with Crippen molar-refractivity contribution in [2.75, 3.05) is 13.1 Å². The highest BCUT2D eigenvalue weighted by molar-refractivity contribution is 5.76. The first kappa shape index (κ1) is 10.9. The molecule has 0 aromatic rings. The van der Waals surface area contributed by atoms with Gasteiger partial charge in [0.25, 0.3) is 0 Å². The second-order valence-electron chi connectivity index (χ2n) is 4.69. The predicted octanol–water partition coefficient (Wildman–Crippen LogP) is 0.0156. The molecule has 0 bridgehead atoms. The van der Waals surface area contributed by atoms with Gasteiger partial charge in [0.1, 0.15) is 0 Å². The smallest absolute Gasteiger partial charge is 0.221 e. The normalized spacial score (nSPS) is 22.5. The summed E-state index contributed by atoms with van der Waals surface area (Å²) in [5.74, 6) is 0.484. The quantitative estimate of drug-likeness (QED) is 0.557. The number of rotatable bonds is 7. The predicted molar refractivity (Wildman–Crippen MR) is 57.4 cm³/mol. The molecule has 2 aliphatic rings. The Bertz CT molecular complexity index is 225. The zero-order valence-electron chi connectivity index (χ0n) is 9.04. The lowest BCUT2D eigenvalue weighted by atomic mass is 10.2. The summed E-state index contributed by atoms with van der Waals surface area (Å²) in [7, 11) is 0. The number of hydrogen-bond donors (Lipinski definition) is 3. The minimum absolute atomic E-state index is 0.0443. The van der Waals surface area contributed by atoms with Gasteiger partial charge in [0.15, 0.2) is 0 Å². The summed E-state index contributed by atoms with van der Waals surface area (Å²) in [5, 5.41) is 15.6. The molecule has 0 radical (unpaired) electrons. The van der Waals surface area contributed by atoms with Crippen LogP contribution >= 0.6 is 0 Å². The molecular weight excluding hydrogens is 192 g/mol. The van der Waals surface area contributed by atoms with Crippen LogP contribution in [0.25, 0.3) is 0 Å². The van der Waals surface area contributed by atoms with Crippen LogP contribution in [0.2, 0.25) is 0 Å². The van der Waals surface area contributed by atoms with Gasteiger partial charge in [-0.3, -0.25) is 4.79 Å². The highest BCUT2D eigenvalue weighted by Crippen LogP contribution is 2.32. The van der Waals surface area contributed by atoms with E-state index in [0.717, 1.165) is 19.4 Å². The fourth-order valence-corrected chi connectivity index (χ4v) is 1.63. The van der Waals surface area contributed by atoms with E-state index in [-0.39, 0.29) is 12.0 Å². The van der Waals surface area contributed by atoms with Crippen LogP contribution in [0.5, 0.6) is 0 Å². The average molecular weight is 212 g/mol. The third-order valence-electron chi connectivity index (χ3n) is 3.04. The van der Waals surface area contributed by atoms with E-state index < -0.39 is 0 Å². The van der Waals surface area contributed by atoms with E-state index in [1.165, 1.54) is 12.8 Å². The highest BCUT2D eigenvalue weighted by Gasteiger charge is 2.29. The zero-order valence-corrected chi connectivity index (χ0v) is 9.04. The third-order valence-corrected chi connectivity index (χ3v) is 3.04. The fraction of sp³-hybridized carbons (Fsp3) is 0.909. The number of carbonyl (C=O) groups is 1. The Hall–Kier alpha value is -0.610. The van der Waals surface area contributed by atoms with E-state index in [1.54, 1.807) is 0 Å². The lowest BCUT2D eigenvalue weighted by Crippen LogP contribution is -2.34. The Kier molecular flexibility index (Phi) is 3.59. The van der Waals surface area contributed by atoms with Gasteiger partial charge in [-0.1, -0.05) is 0 Å². The van der Waals surface area contributed by atoms with Crippen molar-refractivity contribution in [3.63, 3.8) is 0 Å². The van der Waals surface area contributed by atoms with Gasteiger partial charge in [-0.15, -0.1) is 0 Å². The summed E-state index contributed by atoms with van der Waals surface area (Å²) in [6.07, 6.45) is 4.92. The van der Waals surface area contributed by atoms with Gasteiger partial charge in [-0.05, 0) is 31.6 Å². The van der Waals surface area contributed by atoms with E-state index in [0.29, 0.717) is 24.9 Å². The monoisotopic (exact) mass is 212 g/mol. The van der Waals surface area contributed by atoms with Crippen molar-refractivity contribution in [2.24, 2.45) is 5.92 Å². The molecule has 4 heteroatoms. The summed E-state index contributed by atoms with van der Waals surface area (Å²) < 4.78 is 0. The lowest BCUT2D eigenvalue weighted by Gasteiger charge is -2.10. The first-order valence-electron chi connectivity index (χ1n) is 5.94. The maximum atomic E-state index is 11.3. The topological polar surface area (TPSA) is 61.4 Å². The summed E-state index contributed by atoms with van der Waals surface area (Å²) in [5.41, 5.74) is 0. The number of carbonyl (C=O) groups excluding carboxylic acids is 1. The van der Waals surface area contributed by atoms with Crippen LogP contribution in [0.3, 0.4) is 0 Å². The minimum Gasteiger partial charge on any atom is -0.391 e. The van der Waals surface area contributed by atoms with E-state index in [2.05, 4.69) is 10.6 Å². The van der Waals surface area contributed by atoms with Gasteiger partial charge in [0.2, 0.25) is 5.91 Å². The molecule has 0 aromatic heterocycles. The molecule has 15 heavy (non-hydrogen) atoms. The third kappa shape index (κ3) is 4.18. The summed E-state index contributed by atoms with van der Waals surface area (Å²) >= 11 is 0. The molecule has 2 rings (SSSR count). The summed E-state index contributed by atoms with van der Waals surface area (Å²) in [6.45, 7) is 1.18. The molecule has 0 aromatic carbocycles. The molecule has 0 aliphatic heterocycles. The van der Waals surface area contributed by atoms with Crippen LogP contribution < -0.4 is 10.6 Å². The summed E-state index contributed by atoms with van der Waals surface area (Å²) in [4.78, 5) is 11.3. The number of amides is 1. The van der Waals surface area contributed by atoms with Crippen LogP contribution in [-0.4, -0.2) is 36.2 Å². The minimum atomic E-state index is -0.328. The molecule has 2 fully saturated rings. The van der Waals surface area contributed by atoms with E-state index >= 15 is 0 Å². The van der Waals surface area contributed by atoms with Crippen LogP contribution in [0.1, 0.15) is 32.1 Å². The van der Waals surface area contributed by atoms with Gasteiger partial charge >= 0.3 is 0 Å². The average Bonchev–Trinajstić information content (AvgIpc) is 3.02. The molecule has 1 unspecified atom stereocenters. The fourth-order valence-electron chi connectivity index (χ4n) is 1.63. The Morgan fingerprint density at radius 3 is 2.67 bits per heavy atom. The van der Waals surface area contributed by atoms with Gasteiger partial charge < -0.3 is 15.7 Å². The summed E-state index contributed by atoms with van der Waals surface area (Å²) in [6, 6.07) is 0.662. The van der Waals surface area contributed by atoms with Crippen LogP contribution in [0.15, 0.2) is 0 Å². The number of aliphatic hydroxyl groups is 1. The van der Waals surface area contributed by atoms with Crippen molar-refractivity contribution < 1.29 is 9.90 Å². The number of nitrogens with one attached hydrogen (secondary N) is 2. The lowest BCUT2D eigenvalue weighted by molar-refractivity contribution is -0.121. The van der Waals surface area contributed by atoms with Crippen molar-refractivity contribution in [3.05, 3.63) is 0 Å². The maximum absolute atomic E-state index is 11.3. The second-order valence-corrected chi connectivity index (χ2v) is 4.69. The molecular formula is C11H20N2O2. The standard InChI is InChI=1S/C11H20N2O2/c14-10(8-1-2-8)7-13-11(15)5-6-12-9-3-4-9/h8-10,12,14H,1-7H2,(H,13,15). The Balaban J connectivity index is 1.47. The Labute approximate surface area is 90.4 Å². The van der Waals surface area contributed by atoms with E-state index in [9.17, 15) is 9.90 Å². The molecule has 86 valence electrons. The van der Waals surface area contributed by atoms with Crippen molar-refractivity contribution in [3.8, 4) is 0 Å². The first-order chi connectivity index (χ1) is 7.25. The van der Waals surface area contributed by atoms with Crippen LogP contribution in [0, 0.1) is 5.92 Å².